The average molecular weight is 256 g/mol. The maximum absolute atomic E-state index is 4.41. The largest absolute Gasteiger partial charge is 0.385 e. The van der Waals surface area contributed by atoms with Crippen LogP contribution in [0.2, 0.25) is 0 Å². The summed E-state index contributed by atoms with van der Waals surface area (Å²) in [6.45, 7) is 4.72. The lowest BCUT2D eigenvalue weighted by molar-refractivity contribution is 0.315. The topological polar surface area (TPSA) is 41.1 Å². The third kappa shape index (κ3) is 4.34. The Morgan fingerprint density at radius 1 is 1.21 bits per heavy atom. The summed E-state index contributed by atoms with van der Waals surface area (Å²) in [7, 11) is 2.09. The molecule has 0 spiro atoms. The van der Waals surface area contributed by atoms with Crippen LogP contribution in [0, 0.1) is 0 Å². The van der Waals surface area contributed by atoms with Gasteiger partial charge in [0.25, 0.3) is 0 Å². The number of rotatable bonds is 6. The van der Waals surface area contributed by atoms with Crippen LogP contribution in [-0.2, 0) is 13.1 Å². The van der Waals surface area contributed by atoms with Gasteiger partial charge in [-0.1, -0.05) is 6.07 Å². The van der Waals surface area contributed by atoms with Gasteiger partial charge in [0.1, 0.15) is 0 Å². The third-order valence-corrected chi connectivity index (χ3v) is 2.80. The molecule has 0 saturated heterocycles. The van der Waals surface area contributed by atoms with E-state index < -0.39 is 0 Å². The molecule has 0 unspecified atom stereocenters. The Bertz CT molecular complexity index is 499. The van der Waals surface area contributed by atoms with E-state index in [4.69, 9.17) is 0 Å². The van der Waals surface area contributed by atoms with Gasteiger partial charge in [-0.25, -0.2) is 0 Å². The summed E-state index contributed by atoms with van der Waals surface area (Å²) in [5.41, 5.74) is 3.42. The minimum absolute atomic E-state index is 0.828. The first kappa shape index (κ1) is 13.5. The minimum atomic E-state index is 0.828. The van der Waals surface area contributed by atoms with E-state index >= 15 is 0 Å². The van der Waals surface area contributed by atoms with Crippen LogP contribution < -0.4 is 5.32 Å². The Morgan fingerprint density at radius 2 is 2.11 bits per heavy atom. The third-order valence-electron chi connectivity index (χ3n) is 2.80. The summed E-state index contributed by atoms with van der Waals surface area (Å²) < 4.78 is 0. The van der Waals surface area contributed by atoms with Gasteiger partial charge in [-0.2, -0.15) is 0 Å². The standard InChI is InChI=1S/C15H20N4/c1-3-17-14-6-8-18-15(9-14)12-19(2)11-13-5-4-7-16-10-13/h4-10H,3,11-12H2,1-2H3,(H,17,18). The summed E-state index contributed by atoms with van der Waals surface area (Å²) in [5.74, 6) is 0. The Hall–Kier alpha value is -1.94. The van der Waals surface area contributed by atoms with E-state index in [0.717, 1.165) is 31.0 Å². The molecular formula is C15H20N4. The molecule has 0 atom stereocenters. The van der Waals surface area contributed by atoms with Gasteiger partial charge < -0.3 is 5.32 Å². The molecule has 4 heteroatoms. The molecule has 0 saturated carbocycles. The van der Waals surface area contributed by atoms with Gasteiger partial charge in [0, 0.05) is 43.9 Å². The summed E-state index contributed by atoms with van der Waals surface area (Å²) in [4.78, 5) is 10.8. The predicted molar refractivity (Wildman–Crippen MR) is 77.8 cm³/mol. The van der Waals surface area contributed by atoms with Crippen molar-refractivity contribution in [3.05, 3.63) is 54.1 Å². The fourth-order valence-corrected chi connectivity index (χ4v) is 2.01. The second kappa shape index (κ2) is 6.85. The Labute approximate surface area is 114 Å². The number of anilines is 1. The molecule has 0 fully saturated rings. The first-order valence-electron chi connectivity index (χ1n) is 6.54. The number of nitrogens with one attached hydrogen (secondary N) is 1. The van der Waals surface area contributed by atoms with Gasteiger partial charge in [0.05, 0.1) is 5.69 Å². The zero-order valence-electron chi connectivity index (χ0n) is 11.5. The van der Waals surface area contributed by atoms with E-state index in [1.165, 1.54) is 5.56 Å². The second-order valence-electron chi connectivity index (χ2n) is 4.60. The van der Waals surface area contributed by atoms with Crippen LogP contribution in [0.15, 0.2) is 42.9 Å². The first-order chi connectivity index (χ1) is 9.28. The molecule has 4 nitrogen and oxygen atoms in total. The van der Waals surface area contributed by atoms with Crippen molar-refractivity contribution in [2.75, 3.05) is 18.9 Å². The lowest BCUT2D eigenvalue weighted by Crippen LogP contribution is -2.18. The average Bonchev–Trinajstić information content (AvgIpc) is 2.40. The molecule has 1 N–H and O–H groups in total. The first-order valence-corrected chi connectivity index (χ1v) is 6.54. The van der Waals surface area contributed by atoms with Gasteiger partial charge in [-0.05, 0) is 37.7 Å². The zero-order valence-corrected chi connectivity index (χ0v) is 11.5. The molecule has 0 aliphatic carbocycles. The van der Waals surface area contributed by atoms with E-state index in [1.807, 2.05) is 24.5 Å². The normalized spacial score (nSPS) is 10.7. The molecule has 19 heavy (non-hydrogen) atoms. The second-order valence-corrected chi connectivity index (χ2v) is 4.60. The van der Waals surface area contributed by atoms with Crippen LogP contribution in [0.4, 0.5) is 5.69 Å². The molecule has 2 aromatic heterocycles. The zero-order chi connectivity index (χ0) is 13.5. The Kier molecular flexibility index (Phi) is 4.86. The molecule has 0 radical (unpaired) electrons. The number of hydrogen-bond donors (Lipinski definition) is 1. The highest BCUT2D eigenvalue weighted by Gasteiger charge is 2.03. The van der Waals surface area contributed by atoms with Gasteiger partial charge in [-0.15, -0.1) is 0 Å². The highest BCUT2D eigenvalue weighted by Crippen LogP contribution is 2.10. The van der Waals surface area contributed by atoms with E-state index in [0.29, 0.717) is 0 Å². The lowest BCUT2D eigenvalue weighted by Gasteiger charge is -2.16. The highest BCUT2D eigenvalue weighted by atomic mass is 15.1. The van der Waals surface area contributed by atoms with Crippen LogP contribution in [0.25, 0.3) is 0 Å². The highest BCUT2D eigenvalue weighted by molar-refractivity contribution is 5.42. The molecule has 0 amide bonds. The number of pyridine rings is 2. The molecule has 2 aromatic rings. The summed E-state index contributed by atoms with van der Waals surface area (Å²) in [6.07, 6.45) is 5.55. The minimum Gasteiger partial charge on any atom is -0.385 e. The van der Waals surface area contributed by atoms with Crippen molar-refractivity contribution >= 4 is 5.69 Å². The number of nitrogens with zero attached hydrogens (tertiary/aromatic N) is 3. The Morgan fingerprint density at radius 3 is 2.84 bits per heavy atom. The fraction of sp³-hybridized carbons (Fsp3) is 0.333. The SMILES string of the molecule is CCNc1ccnc(CN(C)Cc2cccnc2)c1. The quantitative estimate of drug-likeness (QED) is 0.862. The van der Waals surface area contributed by atoms with Crippen LogP contribution in [0.3, 0.4) is 0 Å². The van der Waals surface area contributed by atoms with Crippen molar-refractivity contribution in [1.29, 1.82) is 0 Å². The number of hydrogen-bond acceptors (Lipinski definition) is 4. The van der Waals surface area contributed by atoms with Crippen LogP contribution in [0.5, 0.6) is 0 Å². The predicted octanol–water partition coefficient (Wildman–Crippen LogP) is 2.54. The van der Waals surface area contributed by atoms with Gasteiger partial charge in [0.2, 0.25) is 0 Å². The van der Waals surface area contributed by atoms with E-state index in [-0.39, 0.29) is 0 Å². The van der Waals surface area contributed by atoms with Crippen LogP contribution in [0.1, 0.15) is 18.2 Å². The van der Waals surface area contributed by atoms with Gasteiger partial charge in [0.15, 0.2) is 0 Å². The molecule has 100 valence electrons. The van der Waals surface area contributed by atoms with Crippen molar-refractivity contribution in [1.82, 2.24) is 14.9 Å². The fourth-order valence-electron chi connectivity index (χ4n) is 2.01. The van der Waals surface area contributed by atoms with E-state index in [9.17, 15) is 0 Å². The lowest BCUT2D eigenvalue weighted by atomic mass is 10.2. The molecule has 0 aliphatic rings. The van der Waals surface area contributed by atoms with E-state index in [1.54, 1.807) is 6.20 Å². The maximum atomic E-state index is 4.41. The molecule has 0 aliphatic heterocycles. The number of aromatic nitrogens is 2. The van der Waals surface area contributed by atoms with Crippen molar-refractivity contribution in [3.63, 3.8) is 0 Å². The summed E-state index contributed by atoms with van der Waals surface area (Å²) in [5, 5.41) is 3.30. The molecule has 2 rings (SSSR count). The Balaban J connectivity index is 1.95. The molecular weight excluding hydrogens is 236 g/mol. The van der Waals surface area contributed by atoms with Gasteiger partial charge in [-0.3, -0.25) is 14.9 Å². The monoisotopic (exact) mass is 256 g/mol. The summed E-state index contributed by atoms with van der Waals surface area (Å²) >= 11 is 0. The van der Waals surface area contributed by atoms with Crippen molar-refractivity contribution < 1.29 is 0 Å². The van der Waals surface area contributed by atoms with Gasteiger partial charge >= 0.3 is 0 Å². The van der Waals surface area contributed by atoms with E-state index in [2.05, 4.69) is 46.3 Å². The maximum Gasteiger partial charge on any atom is 0.0564 e. The molecule has 0 bridgehead atoms. The smallest absolute Gasteiger partial charge is 0.0564 e. The molecule has 0 aromatic carbocycles. The van der Waals surface area contributed by atoms with Crippen molar-refractivity contribution in [3.8, 4) is 0 Å². The van der Waals surface area contributed by atoms with Crippen LogP contribution in [-0.4, -0.2) is 28.5 Å². The summed E-state index contributed by atoms with van der Waals surface area (Å²) in [6, 6.07) is 8.15. The molecule has 2 heterocycles. The van der Waals surface area contributed by atoms with Crippen LogP contribution >= 0.6 is 0 Å². The van der Waals surface area contributed by atoms with Crippen molar-refractivity contribution in [2.24, 2.45) is 0 Å². The van der Waals surface area contributed by atoms with Crippen molar-refractivity contribution in [2.45, 2.75) is 20.0 Å².